The average Bonchev–Trinajstić information content (AvgIpc) is 2.39. The van der Waals surface area contributed by atoms with E-state index < -0.39 is 55.0 Å². The summed E-state index contributed by atoms with van der Waals surface area (Å²) in [6.45, 7) is 0.171. The fraction of sp³-hybridized carbons (Fsp3) is 0.800. The van der Waals surface area contributed by atoms with E-state index in [0.717, 1.165) is 6.92 Å². The molecule has 1 amide bonds. The first-order chi connectivity index (χ1) is 9.13. The van der Waals surface area contributed by atoms with E-state index in [-0.39, 0.29) is 0 Å². The molecule has 8 N–H and O–H groups in total. The Balaban J connectivity index is 4.72. The van der Waals surface area contributed by atoms with Crippen LogP contribution in [0.5, 0.6) is 0 Å². The van der Waals surface area contributed by atoms with Crippen molar-refractivity contribution in [3.8, 4) is 0 Å². The fourth-order valence-corrected chi connectivity index (χ4v) is 1.30. The standard InChI is InChI=1S/C10H19NO9/c1-3(13)5(10(19)20)11-9(18)8(17)7(16)6(15)4(14)2-12/h3-8,12-17H,2H2,1H3,(H,11,18)(H,19,20)/t3-,4-,5+,6-,7+,8-/m1/s1. The van der Waals surface area contributed by atoms with Gasteiger partial charge in [-0.3, -0.25) is 4.79 Å². The van der Waals surface area contributed by atoms with E-state index >= 15 is 0 Å². The van der Waals surface area contributed by atoms with Gasteiger partial charge in [-0.25, -0.2) is 4.79 Å². The van der Waals surface area contributed by atoms with E-state index in [9.17, 15) is 24.9 Å². The molecule has 0 bridgehead atoms. The van der Waals surface area contributed by atoms with Gasteiger partial charge in [-0.15, -0.1) is 0 Å². The van der Waals surface area contributed by atoms with E-state index in [1.807, 2.05) is 0 Å². The largest absolute Gasteiger partial charge is 0.480 e. The number of aliphatic carboxylic acids is 1. The van der Waals surface area contributed by atoms with Crippen LogP contribution < -0.4 is 5.32 Å². The van der Waals surface area contributed by atoms with Crippen molar-refractivity contribution in [2.24, 2.45) is 0 Å². The maximum Gasteiger partial charge on any atom is 0.328 e. The van der Waals surface area contributed by atoms with Crippen molar-refractivity contribution < 1.29 is 45.3 Å². The van der Waals surface area contributed by atoms with Crippen molar-refractivity contribution >= 4 is 11.9 Å². The first kappa shape index (κ1) is 18.7. The molecule has 6 atom stereocenters. The zero-order chi connectivity index (χ0) is 16.0. The Labute approximate surface area is 113 Å². The number of amides is 1. The van der Waals surface area contributed by atoms with Crippen molar-refractivity contribution in [2.75, 3.05) is 6.61 Å². The van der Waals surface area contributed by atoms with Gasteiger partial charge in [0.05, 0.1) is 12.7 Å². The van der Waals surface area contributed by atoms with Gasteiger partial charge in [0.1, 0.15) is 18.3 Å². The van der Waals surface area contributed by atoms with E-state index in [4.69, 9.17) is 20.4 Å². The summed E-state index contributed by atoms with van der Waals surface area (Å²) in [5, 5.41) is 65.3. The second-order valence-corrected chi connectivity index (χ2v) is 4.24. The quantitative estimate of drug-likeness (QED) is 0.218. The highest BCUT2D eigenvalue weighted by Crippen LogP contribution is 2.06. The molecule has 0 saturated carbocycles. The Kier molecular flexibility index (Phi) is 7.57. The van der Waals surface area contributed by atoms with E-state index in [1.54, 1.807) is 5.32 Å². The topological polar surface area (TPSA) is 188 Å². The lowest BCUT2D eigenvalue weighted by Crippen LogP contribution is -2.56. The van der Waals surface area contributed by atoms with Crippen molar-refractivity contribution in [1.82, 2.24) is 5.32 Å². The molecule has 0 aliphatic rings. The molecule has 20 heavy (non-hydrogen) atoms. The van der Waals surface area contributed by atoms with Gasteiger partial charge in [-0.2, -0.15) is 0 Å². The van der Waals surface area contributed by atoms with E-state index in [1.165, 1.54) is 0 Å². The normalized spacial score (nSPS) is 20.4. The third-order valence-corrected chi connectivity index (χ3v) is 2.57. The molecule has 10 heteroatoms. The maximum absolute atomic E-state index is 11.5. The summed E-state index contributed by atoms with van der Waals surface area (Å²) in [4.78, 5) is 22.2. The number of nitrogens with one attached hydrogen (secondary N) is 1. The number of carbonyl (C=O) groups excluding carboxylic acids is 1. The molecule has 0 unspecified atom stereocenters. The van der Waals surface area contributed by atoms with Crippen LogP contribution in [0.4, 0.5) is 0 Å². The molecule has 0 saturated heterocycles. The van der Waals surface area contributed by atoms with Crippen LogP contribution in [0.1, 0.15) is 6.92 Å². The maximum atomic E-state index is 11.5. The van der Waals surface area contributed by atoms with Gasteiger partial charge < -0.3 is 41.1 Å². The fourth-order valence-electron chi connectivity index (χ4n) is 1.30. The van der Waals surface area contributed by atoms with Crippen molar-refractivity contribution in [3.63, 3.8) is 0 Å². The first-order valence-electron chi connectivity index (χ1n) is 5.67. The summed E-state index contributed by atoms with van der Waals surface area (Å²) in [6.07, 6.45) is -9.68. The van der Waals surface area contributed by atoms with Crippen LogP contribution in [0.15, 0.2) is 0 Å². The highest BCUT2D eigenvalue weighted by atomic mass is 16.4. The van der Waals surface area contributed by atoms with E-state index in [0.29, 0.717) is 0 Å². The molecule has 0 aromatic heterocycles. The zero-order valence-electron chi connectivity index (χ0n) is 10.6. The molecule has 0 spiro atoms. The van der Waals surface area contributed by atoms with Gasteiger partial charge in [-0.1, -0.05) is 0 Å². The lowest BCUT2D eigenvalue weighted by molar-refractivity contribution is -0.154. The van der Waals surface area contributed by atoms with Gasteiger partial charge >= 0.3 is 5.97 Å². The summed E-state index contributed by atoms with van der Waals surface area (Å²) < 4.78 is 0. The summed E-state index contributed by atoms with van der Waals surface area (Å²) in [7, 11) is 0. The molecule has 0 aromatic carbocycles. The molecular weight excluding hydrogens is 278 g/mol. The minimum Gasteiger partial charge on any atom is -0.480 e. The summed E-state index contributed by atoms with van der Waals surface area (Å²) in [5.74, 6) is -2.93. The number of aliphatic hydroxyl groups excluding tert-OH is 6. The van der Waals surface area contributed by atoms with Crippen LogP contribution in [0.3, 0.4) is 0 Å². The molecule has 118 valence electrons. The van der Waals surface area contributed by atoms with Gasteiger partial charge in [-0.05, 0) is 6.92 Å². The number of carboxylic acids is 1. The molecule has 0 aliphatic heterocycles. The summed E-state index contributed by atoms with van der Waals surface area (Å²) in [6, 6.07) is -1.72. The molecular formula is C10H19NO9. The number of carbonyl (C=O) groups is 2. The smallest absolute Gasteiger partial charge is 0.328 e. The summed E-state index contributed by atoms with van der Waals surface area (Å²) >= 11 is 0. The van der Waals surface area contributed by atoms with Crippen LogP contribution in [0, 0.1) is 0 Å². The molecule has 10 nitrogen and oxygen atoms in total. The van der Waals surface area contributed by atoms with Crippen LogP contribution in [0.25, 0.3) is 0 Å². The van der Waals surface area contributed by atoms with Crippen LogP contribution in [0.2, 0.25) is 0 Å². The lowest BCUT2D eigenvalue weighted by atomic mass is 10.0. The van der Waals surface area contributed by atoms with E-state index in [2.05, 4.69) is 0 Å². The van der Waals surface area contributed by atoms with Gasteiger partial charge in [0.25, 0.3) is 5.91 Å². The number of rotatable bonds is 8. The Bertz CT molecular complexity index is 335. The molecule has 0 aromatic rings. The molecule has 0 rings (SSSR count). The summed E-state index contributed by atoms with van der Waals surface area (Å²) in [5.41, 5.74) is 0. The minimum absolute atomic E-state index is 0.919. The number of hydrogen-bond donors (Lipinski definition) is 8. The van der Waals surface area contributed by atoms with Crippen LogP contribution in [-0.2, 0) is 9.59 Å². The molecule has 0 aliphatic carbocycles. The van der Waals surface area contributed by atoms with Gasteiger partial charge in [0, 0.05) is 0 Å². The highest BCUT2D eigenvalue weighted by molar-refractivity contribution is 5.86. The average molecular weight is 297 g/mol. The predicted molar refractivity (Wildman–Crippen MR) is 62.4 cm³/mol. The Hall–Kier alpha value is -1.30. The van der Waals surface area contributed by atoms with Crippen LogP contribution in [-0.4, -0.2) is 90.8 Å². The minimum atomic E-state index is -2.26. The molecule has 0 radical (unpaired) electrons. The first-order valence-corrected chi connectivity index (χ1v) is 5.67. The SMILES string of the molecule is C[C@@H](O)[C@H](NC(=O)[C@H](O)[C@@H](O)[C@H](O)[C@H](O)CO)C(=O)O. The zero-order valence-corrected chi connectivity index (χ0v) is 10.6. The van der Waals surface area contributed by atoms with Gasteiger partial charge in [0.15, 0.2) is 12.1 Å². The van der Waals surface area contributed by atoms with Crippen LogP contribution >= 0.6 is 0 Å². The molecule has 0 heterocycles. The third kappa shape index (κ3) is 5.00. The Morgan fingerprint density at radius 3 is 1.90 bits per heavy atom. The van der Waals surface area contributed by atoms with Crippen molar-refractivity contribution in [2.45, 2.75) is 43.5 Å². The third-order valence-electron chi connectivity index (χ3n) is 2.57. The van der Waals surface area contributed by atoms with Crippen molar-refractivity contribution in [3.05, 3.63) is 0 Å². The molecule has 0 fully saturated rings. The van der Waals surface area contributed by atoms with Gasteiger partial charge in [0.2, 0.25) is 0 Å². The monoisotopic (exact) mass is 297 g/mol. The number of carboxylic acid groups (broad SMARTS) is 1. The highest BCUT2D eigenvalue weighted by Gasteiger charge is 2.36. The number of hydrogen-bond acceptors (Lipinski definition) is 8. The predicted octanol–water partition coefficient (Wildman–Crippen LogP) is -4.63. The Morgan fingerprint density at radius 2 is 1.55 bits per heavy atom. The second-order valence-electron chi connectivity index (χ2n) is 4.24. The Morgan fingerprint density at radius 1 is 1.05 bits per heavy atom. The van der Waals surface area contributed by atoms with Crippen molar-refractivity contribution in [1.29, 1.82) is 0 Å². The second kappa shape index (κ2) is 8.09. The number of aliphatic hydroxyl groups is 6. The lowest BCUT2D eigenvalue weighted by Gasteiger charge is -2.26.